The highest BCUT2D eigenvalue weighted by Crippen LogP contribution is 2.26. The summed E-state index contributed by atoms with van der Waals surface area (Å²) in [7, 11) is 0. The molecule has 0 heterocycles. The summed E-state index contributed by atoms with van der Waals surface area (Å²) >= 11 is 0. The third-order valence-electron chi connectivity index (χ3n) is 4.47. The van der Waals surface area contributed by atoms with Crippen molar-refractivity contribution in [3.8, 4) is 0 Å². The fraction of sp³-hybridized carbons (Fsp3) is 0.667. The predicted octanol–water partition coefficient (Wildman–Crippen LogP) is 3.77. The summed E-state index contributed by atoms with van der Waals surface area (Å²) in [5, 5.41) is 14.1. The van der Waals surface area contributed by atoms with Crippen molar-refractivity contribution in [1.82, 2.24) is 5.32 Å². The Bertz CT molecular complexity index is 416. The Hall–Kier alpha value is -0.860. The number of aliphatic hydroxyl groups excluding tert-OH is 1. The molecular formula is C18H29NO. The van der Waals surface area contributed by atoms with Crippen molar-refractivity contribution in [3.05, 3.63) is 34.9 Å². The van der Waals surface area contributed by atoms with E-state index in [1.807, 2.05) is 0 Å². The Morgan fingerprint density at radius 2 is 1.90 bits per heavy atom. The van der Waals surface area contributed by atoms with E-state index < -0.39 is 0 Å². The molecule has 0 amide bonds. The smallest absolute Gasteiger partial charge is 0.0942 e. The Labute approximate surface area is 123 Å². The van der Waals surface area contributed by atoms with Crippen LogP contribution in [-0.4, -0.2) is 17.7 Å². The molecule has 112 valence electrons. The summed E-state index contributed by atoms with van der Waals surface area (Å²) in [4.78, 5) is 0. The van der Waals surface area contributed by atoms with Crippen LogP contribution in [0.15, 0.2) is 18.2 Å². The highest BCUT2D eigenvalue weighted by molar-refractivity contribution is 5.35. The Balaban J connectivity index is 2.04. The molecule has 1 aliphatic carbocycles. The van der Waals surface area contributed by atoms with Gasteiger partial charge in [0.25, 0.3) is 0 Å². The van der Waals surface area contributed by atoms with Gasteiger partial charge in [-0.3, -0.25) is 0 Å². The number of hydrogen-bond donors (Lipinski definition) is 2. The van der Waals surface area contributed by atoms with Crippen LogP contribution in [0.5, 0.6) is 0 Å². The highest BCUT2D eigenvalue weighted by Gasteiger charge is 2.20. The zero-order valence-corrected chi connectivity index (χ0v) is 13.0. The normalized spacial score (nSPS) is 17.6. The molecule has 0 radical (unpaired) electrons. The van der Waals surface area contributed by atoms with Crippen LogP contribution in [0.2, 0.25) is 0 Å². The molecule has 2 nitrogen and oxygen atoms in total. The van der Waals surface area contributed by atoms with E-state index in [-0.39, 0.29) is 12.1 Å². The van der Waals surface area contributed by atoms with Crippen LogP contribution in [0.1, 0.15) is 68.7 Å². The van der Waals surface area contributed by atoms with Crippen LogP contribution in [0, 0.1) is 0 Å². The van der Waals surface area contributed by atoms with Gasteiger partial charge < -0.3 is 10.4 Å². The minimum atomic E-state index is -0.385. The van der Waals surface area contributed by atoms with Crippen molar-refractivity contribution in [1.29, 1.82) is 0 Å². The third kappa shape index (κ3) is 3.83. The van der Waals surface area contributed by atoms with Gasteiger partial charge in [-0.05, 0) is 61.8 Å². The molecule has 0 spiro atoms. The number of nitrogens with one attached hydrogen (secondary N) is 1. The van der Waals surface area contributed by atoms with Crippen LogP contribution in [-0.2, 0) is 12.8 Å². The van der Waals surface area contributed by atoms with E-state index in [1.165, 1.54) is 49.7 Å². The summed E-state index contributed by atoms with van der Waals surface area (Å²) in [6.45, 7) is 5.34. The van der Waals surface area contributed by atoms with Crippen molar-refractivity contribution >= 4 is 0 Å². The SMILES string of the molecule is CCCCNC(CC)C(O)c1ccc2c(c1)CCCC2. The van der Waals surface area contributed by atoms with Crippen molar-refractivity contribution in [2.75, 3.05) is 6.54 Å². The molecular weight excluding hydrogens is 246 g/mol. The molecule has 2 rings (SSSR count). The van der Waals surface area contributed by atoms with Gasteiger partial charge in [-0.15, -0.1) is 0 Å². The zero-order valence-electron chi connectivity index (χ0n) is 13.0. The molecule has 2 heteroatoms. The van der Waals surface area contributed by atoms with Gasteiger partial charge in [0.1, 0.15) is 0 Å². The minimum absolute atomic E-state index is 0.170. The molecule has 2 unspecified atom stereocenters. The fourth-order valence-electron chi connectivity index (χ4n) is 3.11. The van der Waals surface area contributed by atoms with Gasteiger partial charge in [-0.1, -0.05) is 38.5 Å². The summed E-state index contributed by atoms with van der Waals surface area (Å²) < 4.78 is 0. The highest BCUT2D eigenvalue weighted by atomic mass is 16.3. The van der Waals surface area contributed by atoms with Gasteiger partial charge in [0.15, 0.2) is 0 Å². The maximum absolute atomic E-state index is 10.6. The van der Waals surface area contributed by atoms with Gasteiger partial charge in [0.2, 0.25) is 0 Å². The molecule has 2 atom stereocenters. The molecule has 0 fully saturated rings. The third-order valence-corrected chi connectivity index (χ3v) is 4.47. The first-order chi connectivity index (χ1) is 9.76. The van der Waals surface area contributed by atoms with Gasteiger partial charge in [-0.2, -0.15) is 0 Å². The number of benzene rings is 1. The Morgan fingerprint density at radius 1 is 1.15 bits per heavy atom. The second-order valence-electron chi connectivity index (χ2n) is 6.00. The standard InChI is InChI=1S/C18H29NO/c1-3-5-12-19-17(4-2)18(20)16-11-10-14-8-6-7-9-15(14)13-16/h10-11,13,17-20H,3-9,12H2,1-2H3. The lowest BCUT2D eigenvalue weighted by Gasteiger charge is -2.25. The largest absolute Gasteiger partial charge is 0.387 e. The monoisotopic (exact) mass is 275 g/mol. The average Bonchev–Trinajstić information content (AvgIpc) is 2.50. The number of unbranched alkanes of at least 4 members (excludes halogenated alkanes) is 1. The zero-order chi connectivity index (χ0) is 14.4. The van der Waals surface area contributed by atoms with Gasteiger partial charge in [0, 0.05) is 6.04 Å². The van der Waals surface area contributed by atoms with E-state index in [2.05, 4.69) is 37.4 Å². The molecule has 1 aliphatic rings. The maximum Gasteiger partial charge on any atom is 0.0942 e. The molecule has 1 aromatic carbocycles. The van der Waals surface area contributed by atoms with Crippen molar-refractivity contribution in [2.45, 2.75) is 70.9 Å². The fourth-order valence-corrected chi connectivity index (χ4v) is 3.11. The van der Waals surface area contributed by atoms with Crippen molar-refractivity contribution < 1.29 is 5.11 Å². The van der Waals surface area contributed by atoms with Crippen molar-refractivity contribution in [3.63, 3.8) is 0 Å². The minimum Gasteiger partial charge on any atom is -0.387 e. The van der Waals surface area contributed by atoms with Crippen LogP contribution in [0.4, 0.5) is 0 Å². The molecule has 1 aromatic rings. The van der Waals surface area contributed by atoms with E-state index in [1.54, 1.807) is 0 Å². The topological polar surface area (TPSA) is 32.3 Å². The first-order valence-electron chi connectivity index (χ1n) is 8.29. The van der Waals surface area contributed by atoms with E-state index >= 15 is 0 Å². The van der Waals surface area contributed by atoms with Crippen LogP contribution < -0.4 is 5.32 Å². The number of fused-ring (bicyclic) bond motifs is 1. The van der Waals surface area contributed by atoms with Gasteiger partial charge in [0.05, 0.1) is 6.10 Å². The van der Waals surface area contributed by atoms with Crippen LogP contribution >= 0.6 is 0 Å². The quantitative estimate of drug-likeness (QED) is 0.743. The molecule has 20 heavy (non-hydrogen) atoms. The number of rotatable bonds is 7. The Morgan fingerprint density at radius 3 is 2.60 bits per heavy atom. The lowest BCUT2D eigenvalue weighted by molar-refractivity contribution is 0.126. The van der Waals surface area contributed by atoms with E-state index in [4.69, 9.17) is 0 Å². The number of aliphatic hydroxyl groups is 1. The van der Waals surface area contributed by atoms with E-state index in [0.717, 1.165) is 18.5 Å². The van der Waals surface area contributed by atoms with Gasteiger partial charge >= 0.3 is 0 Å². The molecule has 0 aliphatic heterocycles. The second kappa shape index (κ2) is 7.80. The lowest BCUT2D eigenvalue weighted by atomic mass is 9.88. The average molecular weight is 275 g/mol. The maximum atomic E-state index is 10.6. The summed E-state index contributed by atoms with van der Waals surface area (Å²) in [5.74, 6) is 0. The molecule has 0 saturated heterocycles. The first-order valence-corrected chi connectivity index (χ1v) is 8.29. The van der Waals surface area contributed by atoms with Crippen LogP contribution in [0.25, 0.3) is 0 Å². The first kappa shape index (κ1) is 15.5. The Kier molecular flexibility index (Phi) is 6.06. The van der Waals surface area contributed by atoms with Crippen LogP contribution in [0.3, 0.4) is 0 Å². The predicted molar refractivity (Wildman–Crippen MR) is 85.0 cm³/mol. The molecule has 0 saturated carbocycles. The number of aryl methyl sites for hydroxylation is 2. The second-order valence-corrected chi connectivity index (χ2v) is 6.00. The summed E-state index contributed by atoms with van der Waals surface area (Å²) in [6, 6.07) is 6.76. The number of hydrogen-bond acceptors (Lipinski definition) is 2. The van der Waals surface area contributed by atoms with E-state index in [0.29, 0.717) is 0 Å². The lowest BCUT2D eigenvalue weighted by Crippen LogP contribution is -2.35. The van der Waals surface area contributed by atoms with Crippen molar-refractivity contribution in [2.24, 2.45) is 0 Å². The summed E-state index contributed by atoms with van der Waals surface area (Å²) in [6.07, 6.45) is 7.93. The summed E-state index contributed by atoms with van der Waals surface area (Å²) in [5.41, 5.74) is 4.02. The van der Waals surface area contributed by atoms with Gasteiger partial charge in [-0.25, -0.2) is 0 Å². The molecule has 0 bridgehead atoms. The van der Waals surface area contributed by atoms with E-state index in [9.17, 15) is 5.11 Å². The molecule has 0 aromatic heterocycles. The molecule has 2 N–H and O–H groups in total.